The summed E-state index contributed by atoms with van der Waals surface area (Å²) in [5.74, 6) is -0.262. The van der Waals surface area contributed by atoms with Crippen molar-refractivity contribution in [1.82, 2.24) is 10.2 Å². The molecule has 0 bridgehead atoms. The molecule has 25 heavy (non-hydrogen) atoms. The molecule has 2 heterocycles. The largest absolute Gasteiger partial charge is 0.366 e. The van der Waals surface area contributed by atoms with Crippen LogP contribution in [0.1, 0.15) is 36.5 Å². The molecule has 0 saturated carbocycles. The summed E-state index contributed by atoms with van der Waals surface area (Å²) >= 11 is 6.32. The van der Waals surface area contributed by atoms with Crippen molar-refractivity contribution in [2.45, 2.75) is 38.3 Å². The first kappa shape index (κ1) is 18.2. The topological polar surface area (TPSA) is 70.7 Å². The molecular formula is C18H24ClN3O3. The molecule has 2 aliphatic heterocycles. The summed E-state index contributed by atoms with van der Waals surface area (Å²) in [6.45, 7) is 4.59. The first-order valence-electron chi connectivity index (χ1n) is 8.80. The van der Waals surface area contributed by atoms with E-state index in [4.69, 9.17) is 16.3 Å². The number of nitrogens with zero attached hydrogens (tertiary/aromatic N) is 1. The zero-order valence-electron chi connectivity index (χ0n) is 14.4. The van der Waals surface area contributed by atoms with Gasteiger partial charge in [0.1, 0.15) is 6.10 Å². The van der Waals surface area contributed by atoms with E-state index >= 15 is 0 Å². The van der Waals surface area contributed by atoms with Gasteiger partial charge in [-0.2, -0.15) is 0 Å². The van der Waals surface area contributed by atoms with Crippen LogP contribution in [0, 0.1) is 0 Å². The minimum atomic E-state index is -0.511. The standard InChI is InChI=1S/C18H24ClN3O3/c1-12-4-2-3-8-22(12)18(24)14-6-5-13(10-15(14)19)21-17(23)16-11-20-7-9-25-16/h5-6,10,12,16,20H,2-4,7-9,11H2,1H3,(H,21,23). The molecule has 2 saturated heterocycles. The molecule has 3 rings (SSSR count). The number of morpholine rings is 1. The first-order valence-corrected chi connectivity index (χ1v) is 9.18. The van der Waals surface area contributed by atoms with Crippen LogP contribution in [0.2, 0.25) is 5.02 Å². The summed E-state index contributed by atoms with van der Waals surface area (Å²) < 4.78 is 5.43. The first-order chi connectivity index (χ1) is 12.1. The SMILES string of the molecule is CC1CCCCN1C(=O)c1ccc(NC(=O)C2CNCCO2)cc1Cl. The van der Waals surface area contributed by atoms with E-state index in [1.54, 1.807) is 18.2 Å². The molecule has 2 amide bonds. The Morgan fingerprint density at radius 3 is 2.88 bits per heavy atom. The van der Waals surface area contributed by atoms with Gasteiger partial charge in [-0.1, -0.05) is 11.6 Å². The molecule has 0 aliphatic carbocycles. The molecule has 2 aliphatic rings. The van der Waals surface area contributed by atoms with Crippen molar-refractivity contribution in [1.29, 1.82) is 0 Å². The molecule has 2 N–H and O–H groups in total. The van der Waals surface area contributed by atoms with Crippen LogP contribution in [0.15, 0.2) is 18.2 Å². The van der Waals surface area contributed by atoms with E-state index < -0.39 is 6.10 Å². The van der Waals surface area contributed by atoms with Crippen LogP contribution < -0.4 is 10.6 Å². The molecular weight excluding hydrogens is 342 g/mol. The van der Waals surface area contributed by atoms with Gasteiger partial charge in [-0.05, 0) is 44.4 Å². The number of hydrogen-bond donors (Lipinski definition) is 2. The number of carbonyl (C=O) groups is 2. The van der Waals surface area contributed by atoms with E-state index in [-0.39, 0.29) is 17.9 Å². The van der Waals surface area contributed by atoms with E-state index in [0.717, 1.165) is 32.4 Å². The average Bonchev–Trinajstić information content (AvgIpc) is 2.62. The Bertz CT molecular complexity index is 646. The zero-order valence-corrected chi connectivity index (χ0v) is 15.1. The Kier molecular flexibility index (Phi) is 5.93. The van der Waals surface area contributed by atoms with E-state index in [1.807, 2.05) is 4.90 Å². The van der Waals surface area contributed by atoms with Gasteiger partial charge >= 0.3 is 0 Å². The summed E-state index contributed by atoms with van der Waals surface area (Å²) in [5, 5.41) is 6.26. The van der Waals surface area contributed by atoms with Crippen molar-refractivity contribution < 1.29 is 14.3 Å². The van der Waals surface area contributed by atoms with Crippen molar-refractivity contribution in [2.24, 2.45) is 0 Å². The van der Waals surface area contributed by atoms with E-state index in [0.29, 0.717) is 29.4 Å². The van der Waals surface area contributed by atoms with E-state index in [2.05, 4.69) is 17.6 Å². The summed E-state index contributed by atoms with van der Waals surface area (Å²) in [7, 11) is 0. The van der Waals surface area contributed by atoms with Gasteiger partial charge in [-0.15, -0.1) is 0 Å². The highest BCUT2D eigenvalue weighted by atomic mass is 35.5. The molecule has 6 nitrogen and oxygen atoms in total. The number of ether oxygens (including phenoxy) is 1. The average molecular weight is 366 g/mol. The quantitative estimate of drug-likeness (QED) is 0.862. The highest BCUT2D eigenvalue weighted by Crippen LogP contribution is 2.26. The van der Waals surface area contributed by atoms with Gasteiger partial charge < -0.3 is 20.3 Å². The Labute approximate surface area is 152 Å². The van der Waals surface area contributed by atoms with Crippen LogP contribution in [0.25, 0.3) is 0 Å². The zero-order chi connectivity index (χ0) is 17.8. The van der Waals surface area contributed by atoms with Crippen LogP contribution in [0.3, 0.4) is 0 Å². The molecule has 7 heteroatoms. The normalized spacial score (nSPS) is 24.0. The minimum Gasteiger partial charge on any atom is -0.366 e. The van der Waals surface area contributed by atoms with Crippen molar-refractivity contribution in [3.8, 4) is 0 Å². The number of likely N-dealkylation sites (tertiary alicyclic amines) is 1. The number of rotatable bonds is 3. The number of anilines is 1. The summed E-state index contributed by atoms with van der Waals surface area (Å²) in [6.07, 6.45) is 2.69. The van der Waals surface area contributed by atoms with E-state index in [1.165, 1.54) is 0 Å². The second-order valence-electron chi connectivity index (χ2n) is 6.59. The van der Waals surface area contributed by atoms with Gasteiger partial charge in [-0.25, -0.2) is 0 Å². The van der Waals surface area contributed by atoms with Gasteiger partial charge in [0.2, 0.25) is 0 Å². The van der Waals surface area contributed by atoms with Crippen molar-refractivity contribution in [2.75, 3.05) is 31.6 Å². The Morgan fingerprint density at radius 1 is 1.36 bits per heavy atom. The predicted molar refractivity (Wildman–Crippen MR) is 97.0 cm³/mol. The number of carbonyl (C=O) groups excluding carboxylic acids is 2. The van der Waals surface area contributed by atoms with Crippen LogP contribution in [-0.4, -0.2) is 55.1 Å². The monoisotopic (exact) mass is 365 g/mol. The number of nitrogens with one attached hydrogen (secondary N) is 2. The summed E-state index contributed by atoms with van der Waals surface area (Å²) in [4.78, 5) is 26.8. The van der Waals surface area contributed by atoms with E-state index in [9.17, 15) is 9.59 Å². The molecule has 2 fully saturated rings. The fourth-order valence-corrected chi connectivity index (χ4v) is 3.54. The maximum Gasteiger partial charge on any atom is 0.255 e. The molecule has 0 aromatic heterocycles. The lowest BCUT2D eigenvalue weighted by Crippen LogP contribution is -2.45. The van der Waals surface area contributed by atoms with Gasteiger partial charge in [0.15, 0.2) is 0 Å². The van der Waals surface area contributed by atoms with Crippen molar-refractivity contribution >= 4 is 29.1 Å². The third-order valence-electron chi connectivity index (χ3n) is 4.75. The summed E-state index contributed by atoms with van der Waals surface area (Å²) in [6, 6.07) is 5.24. The second kappa shape index (κ2) is 8.17. The van der Waals surface area contributed by atoms with Gasteiger partial charge in [0.25, 0.3) is 11.8 Å². The molecule has 1 aromatic rings. The predicted octanol–water partition coefficient (Wildman–Crippen LogP) is 2.28. The minimum absolute atomic E-state index is 0.0464. The molecule has 2 unspecified atom stereocenters. The Hall–Kier alpha value is -1.63. The number of halogens is 1. The Morgan fingerprint density at radius 2 is 2.20 bits per heavy atom. The number of piperidine rings is 1. The maximum absolute atomic E-state index is 12.7. The lowest BCUT2D eigenvalue weighted by atomic mass is 10.0. The maximum atomic E-state index is 12.7. The lowest BCUT2D eigenvalue weighted by molar-refractivity contribution is -0.128. The van der Waals surface area contributed by atoms with Gasteiger partial charge in [0, 0.05) is 31.4 Å². The molecule has 0 spiro atoms. The van der Waals surface area contributed by atoms with Crippen LogP contribution >= 0.6 is 11.6 Å². The molecule has 136 valence electrons. The number of benzene rings is 1. The molecule has 0 radical (unpaired) electrons. The smallest absolute Gasteiger partial charge is 0.255 e. The Balaban J connectivity index is 1.67. The highest BCUT2D eigenvalue weighted by molar-refractivity contribution is 6.34. The van der Waals surface area contributed by atoms with Crippen LogP contribution in [0.5, 0.6) is 0 Å². The van der Waals surface area contributed by atoms with Gasteiger partial charge in [-0.3, -0.25) is 9.59 Å². The third kappa shape index (κ3) is 4.32. The number of amides is 2. The number of hydrogen-bond acceptors (Lipinski definition) is 4. The lowest BCUT2D eigenvalue weighted by Gasteiger charge is -2.33. The van der Waals surface area contributed by atoms with Crippen LogP contribution in [0.4, 0.5) is 5.69 Å². The fraction of sp³-hybridized carbons (Fsp3) is 0.556. The van der Waals surface area contributed by atoms with Crippen LogP contribution in [-0.2, 0) is 9.53 Å². The van der Waals surface area contributed by atoms with Crippen molar-refractivity contribution in [3.63, 3.8) is 0 Å². The fourth-order valence-electron chi connectivity index (χ4n) is 3.28. The molecule has 2 atom stereocenters. The highest BCUT2D eigenvalue weighted by Gasteiger charge is 2.26. The van der Waals surface area contributed by atoms with Crippen molar-refractivity contribution in [3.05, 3.63) is 28.8 Å². The van der Waals surface area contributed by atoms with Gasteiger partial charge in [0.05, 0.1) is 17.2 Å². The second-order valence-corrected chi connectivity index (χ2v) is 7.00. The summed E-state index contributed by atoms with van der Waals surface area (Å²) in [5.41, 5.74) is 1.04. The molecule has 1 aromatic carbocycles. The third-order valence-corrected chi connectivity index (χ3v) is 5.06.